The zero-order valence-corrected chi connectivity index (χ0v) is 13.0. The Hall–Kier alpha value is -2.41. The summed E-state index contributed by atoms with van der Waals surface area (Å²) >= 11 is 0. The molecule has 22 heavy (non-hydrogen) atoms. The predicted octanol–water partition coefficient (Wildman–Crippen LogP) is 0.480. The number of carbonyl (C=O) groups is 3. The first-order chi connectivity index (χ1) is 10.4. The summed E-state index contributed by atoms with van der Waals surface area (Å²) in [5.74, 6) is -1.89. The second kappa shape index (κ2) is 8.78. The Kier molecular flexibility index (Phi) is 7.04. The van der Waals surface area contributed by atoms with Gasteiger partial charge in [0.1, 0.15) is 0 Å². The molecule has 1 aromatic carbocycles. The van der Waals surface area contributed by atoms with Crippen molar-refractivity contribution >= 4 is 23.5 Å². The molecule has 7 nitrogen and oxygen atoms in total. The second-order valence-electron chi connectivity index (χ2n) is 4.94. The molecule has 0 aliphatic carbocycles. The molecule has 120 valence electrons. The number of benzene rings is 1. The van der Waals surface area contributed by atoms with Gasteiger partial charge in [-0.2, -0.15) is 0 Å². The molecule has 0 aromatic heterocycles. The average Bonchev–Trinajstić information content (AvgIpc) is 2.51. The zero-order chi connectivity index (χ0) is 16.5. The Morgan fingerprint density at radius 3 is 2.27 bits per heavy atom. The molecule has 1 rings (SSSR count). The highest BCUT2D eigenvalue weighted by Gasteiger charge is 2.13. The van der Waals surface area contributed by atoms with Crippen molar-refractivity contribution in [3.63, 3.8) is 0 Å². The molecule has 0 saturated carbocycles. The number of hydrogen-bond donors (Lipinski definition) is 2. The van der Waals surface area contributed by atoms with E-state index >= 15 is 0 Å². The number of hydrogen-bond acceptors (Lipinski definition) is 5. The molecule has 0 unspecified atom stereocenters. The Labute approximate surface area is 129 Å². The molecule has 0 spiro atoms. The molecule has 0 aliphatic heterocycles. The van der Waals surface area contributed by atoms with Gasteiger partial charge in [0.25, 0.3) is 0 Å². The van der Waals surface area contributed by atoms with Crippen molar-refractivity contribution in [2.24, 2.45) is 0 Å². The van der Waals surface area contributed by atoms with Gasteiger partial charge >= 0.3 is 17.8 Å². The minimum atomic E-state index is -0.740. The molecule has 2 N–H and O–H groups in total. The molecule has 0 saturated heterocycles. The van der Waals surface area contributed by atoms with Crippen LogP contribution in [0.1, 0.15) is 16.8 Å². The molecule has 1 aromatic rings. The van der Waals surface area contributed by atoms with Crippen molar-refractivity contribution in [1.29, 1.82) is 0 Å². The molecule has 7 heteroatoms. The van der Waals surface area contributed by atoms with E-state index in [0.29, 0.717) is 17.8 Å². The van der Waals surface area contributed by atoms with Gasteiger partial charge in [-0.05, 0) is 51.3 Å². The number of ether oxygens (including phenoxy) is 1. The third-order valence-corrected chi connectivity index (χ3v) is 2.84. The van der Waals surface area contributed by atoms with Crippen LogP contribution in [0.5, 0.6) is 0 Å². The lowest BCUT2D eigenvalue weighted by Crippen LogP contribution is -2.36. The lowest BCUT2D eigenvalue weighted by Gasteiger charge is -2.10. The van der Waals surface area contributed by atoms with Gasteiger partial charge in [-0.15, -0.1) is 0 Å². The first-order valence-corrected chi connectivity index (χ1v) is 6.86. The van der Waals surface area contributed by atoms with Gasteiger partial charge in [-0.3, -0.25) is 9.59 Å². The van der Waals surface area contributed by atoms with E-state index in [1.807, 2.05) is 19.0 Å². The fourth-order valence-electron chi connectivity index (χ4n) is 1.67. The number of rotatable bonds is 6. The predicted molar refractivity (Wildman–Crippen MR) is 82.6 cm³/mol. The highest BCUT2D eigenvalue weighted by atomic mass is 16.5. The third kappa shape index (κ3) is 5.92. The van der Waals surface area contributed by atoms with Crippen LogP contribution < -0.4 is 10.6 Å². The van der Waals surface area contributed by atoms with E-state index in [-0.39, 0.29) is 0 Å². The standard InChI is InChI=1S/C15H21N3O4/c1-18(2)10-4-9-16-13(19)14(20)17-12-7-5-11(6-8-12)15(21)22-3/h5-8H,4,9-10H2,1-3H3,(H,16,19)(H,17,20). The average molecular weight is 307 g/mol. The van der Waals surface area contributed by atoms with E-state index < -0.39 is 17.8 Å². The highest BCUT2D eigenvalue weighted by molar-refractivity contribution is 6.39. The van der Waals surface area contributed by atoms with Crippen molar-refractivity contribution in [3.8, 4) is 0 Å². The number of nitrogens with one attached hydrogen (secondary N) is 2. The molecular formula is C15H21N3O4. The number of carbonyl (C=O) groups excluding carboxylic acids is 3. The zero-order valence-electron chi connectivity index (χ0n) is 13.0. The lowest BCUT2D eigenvalue weighted by molar-refractivity contribution is -0.136. The normalized spacial score (nSPS) is 10.2. The number of nitrogens with zero attached hydrogens (tertiary/aromatic N) is 1. The Balaban J connectivity index is 2.43. The van der Waals surface area contributed by atoms with Crippen molar-refractivity contribution in [1.82, 2.24) is 10.2 Å². The first kappa shape index (κ1) is 17.6. The Morgan fingerprint density at radius 2 is 1.73 bits per heavy atom. The van der Waals surface area contributed by atoms with E-state index in [2.05, 4.69) is 15.4 Å². The van der Waals surface area contributed by atoms with Gasteiger partial charge in [0.05, 0.1) is 12.7 Å². The Morgan fingerprint density at radius 1 is 1.09 bits per heavy atom. The van der Waals surface area contributed by atoms with Gasteiger partial charge < -0.3 is 20.3 Å². The maximum absolute atomic E-state index is 11.7. The Bertz CT molecular complexity index is 526. The van der Waals surface area contributed by atoms with Crippen molar-refractivity contribution in [2.45, 2.75) is 6.42 Å². The van der Waals surface area contributed by atoms with E-state index in [4.69, 9.17) is 0 Å². The number of methoxy groups -OCH3 is 1. The molecular weight excluding hydrogens is 286 g/mol. The first-order valence-electron chi connectivity index (χ1n) is 6.86. The van der Waals surface area contributed by atoms with E-state index in [1.165, 1.54) is 31.4 Å². The van der Waals surface area contributed by atoms with Crippen molar-refractivity contribution in [2.75, 3.05) is 39.6 Å². The summed E-state index contributed by atoms with van der Waals surface area (Å²) in [6, 6.07) is 6.08. The molecule has 0 heterocycles. The van der Waals surface area contributed by atoms with Crippen LogP contribution in [-0.4, -0.2) is 57.0 Å². The van der Waals surface area contributed by atoms with E-state index in [1.54, 1.807) is 0 Å². The summed E-state index contributed by atoms with van der Waals surface area (Å²) < 4.78 is 4.57. The van der Waals surface area contributed by atoms with Crippen LogP contribution in [0.4, 0.5) is 5.69 Å². The third-order valence-electron chi connectivity index (χ3n) is 2.84. The van der Waals surface area contributed by atoms with Crippen LogP contribution in [-0.2, 0) is 14.3 Å². The molecule has 0 bridgehead atoms. The van der Waals surface area contributed by atoms with Gasteiger partial charge in [-0.25, -0.2) is 4.79 Å². The molecule has 0 radical (unpaired) electrons. The molecule has 0 atom stereocenters. The maximum atomic E-state index is 11.7. The van der Waals surface area contributed by atoms with Crippen LogP contribution in [0.2, 0.25) is 0 Å². The van der Waals surface area contributed by atoms with E-state index in [0.717, 1.165) is 13.0 Å². The van der Waals surface area contributed by atoms with Crippen LogP contribution in [0, 0.1) is 0 Å². The SMILES string of the molecule is COC(=O)c1ccc(NC(=O)C(=O)NCCCN(C)C)cc1. The molecule has 0 fully saturated rings. The minimum Gasteiger partial charge on any atom is -0.465 e. The van der Waals surface area contributed by atoms with Crippen molar-refractivity contribution < 1.29 is 19.1 Å². The topological polar surface area (TPSA) is 87.7 Å². The summed E-state index contributed by atoms with van der Waals surface area (Å²) in [5.41, 5.74) is 0.801. The van der Waals surface area contributed by atoms with E-state index in [9.17, 15) is 14.4 Å². The highest BCUT2D eigenvalue weighted by Crippen LogP contribution is 2.10. The van der Waals surface area contributed by atoms with Gasteiger partial charge in [0.15, 0.2) is 0 Å². The van der Waals surface area contributed by atoms with Crippen LogP contribution in [0.3, 0.4) is 0 Å². The van der Waals surface area contributed by atoms with Crippen LogP contribution in [0.15, 0.2) is 24.3 Å². The number of anilines is 1. The fourth-order valence-corrected chi connectivity index (χ4v) is 1.67. The second-order valence-corrected chi connectivity index (χ2v) is 4.94. The largest absolute Gasteiger partial charge is 0.465 e. The summed E-state index contributed by atoms with van der Waals surface area (Å²) in [4.78, 5) is 36.6. The molecule has 0 aliphatic rings. The minimum absolute atomic E-state index is 0.369. The van der Waals surface area contributed by atoms with Gasteiger partial charge in [0, 0.05) is 12.2 Å². The maximum Gasteiger partial charge on any atom is 0.337 e. The molecule has 2 amide bonds. The van der Waals surface area contributed by atoms with Crippen LogP contribution in [0.25, 0.3) is 0 Å². The summed E-state index contributed by atoms with van der Waals surface area (Å²) in [6.07, 6.45) is 0.764. The summed E-state index contributed by atoms with van der Waals surface area (Å²) in [5, 5.41) is 5.01. The lowest BCUT2D eigenvalue weighted by atomic mass is 10.2. The quantitative estimate of drug-likeness (QED) is 0.453. The monoisotopic (exact) mass is 307 g/mol. The smallest absolute Gasteiger partial charge is 0.337 e. The number of esters is 1. The fraction of sp³-hybridized carbons (Fsp3) is 0.400. The van der Waals surface area contributed by atoms with Gasteiger partial charge in [0.2, 0.25) is 0 Å². The number of amides is 2. The van der Waals surface area contributed by atoms with Crippen molar-refractivity contribution in [3.05, 3.63) is 29.8 Å². The summed E-state index contributed by atoms with van der Waals surface area (Å²) in [6.45, 7) is 1.27. The summed E-state index contributed by atoms with van der Waals surface area (Å²) in [7, 11) is 5.16. The van der Waals surface area contributed by atoms with Crippen LogP contribution >= 0.6 is 0 Å². The van der Waals surface area contributed by atoms with Gasteiger partial charge in [-0.1, -0.05) is 0 Å².